The second-order valence-electron chi connectivity index (χ2n) is 5.39. The van der Waals surface area contributed by atoms with Crippen molar-refractivity contribution in [3.8, 4) is 0 Å². The lowest BCUT2D eigenvalue weighted by Crippen LogP contribution is -2.45. The highest BCUT2D eigenvalue weighted by Crippen LogP contribution is 2.27. The SMILES string of the molecule is Cn1ncc(N2CCCC(C(=O)NCC(F)(F)F)C2)c(Cl)c1=O. The molecule has 0 spiro atoms. The van der Waals surface area contributed by atoms with Crippen LogP contribution in [0.5, 0.6) is 0 Å². The van der Waals surface area contributed by atoms with E-state index in [1.807, 2.05) is 5.32 Å². The second-order valence-corrected chi connectivity index (χ2v) is 5.77. The summed E-state index contributed by atoms with van der Waals surface area (Å²) in [6.45, 7) is -0.605. The summed E-state index contributed by atoms with van der Waals surface area (Å²) in [5.41, 5.74) is -0.0732. The van der Waals surface area contributed by atoms with Gasteiger partial charge in [0, 0.05) is 20.1 Å². The maximum Gasteiger partial charge on any atom is 0.405 e. The van der Waals surface area contributed by atoms with Crippen molar-refractivity contribution in [3.63, 3.8) is 0 Å². The van der Waals surface area contributed by atoms with Crippen LogP contribution in [0.3, 0.4) is 0 Å². The van der Waals surface area contributed by atoms with Crippen LogP contribution in [0.1, 0.15) is 12.8 Å². The summed E-state index contributed by atoms with van der Waals surface area (Å²) in [5, 5.41) is 5.76. The fraction of sp³-hybridized carbons (Fsp3) is 0.615. The minimum atomic E-state index is -4.44. The quantitative estimate of drug-likeness (QED) is 0.891. The molecule has 6 nitrogen and oxygen atoms in total. The molecule has 1 aliphatic rings. The second kappa shape index (κ2) is 6.77. The first-order valence-corrected chi connectivity index (χ1v) is 7.38. The number of carbonyl (C=O) groups is 1. The fourth-order valence-electron chi connectivity index (χ4n) is 2.46. The third kappa shape index (κ3) is 4.37. The van der Waals surface area contributed by atoms with Gasteiger partial charge in [-0.25, -0.2) is 4.68 Å². The summed E-state index contributed by atoms with van der Waals surface area (Å²) >= 11 is 6.02. The maximum absolute atomic E-state index is 12.2. The Labute approximate surface area is 135 Å². The standard InChI is InChI=1S/C13H16ClF3N4O2/c1-20-12(23)10(14)9(5-19-20)21-4-2-3-8(6-21)11(22)18-7-13(15,16)17/h5,8H,2-4,6-7H2,1H3,(H,18,22). The van der Waals surface area contributed by atoms with E-state index < -0.39 is 30.1 Å². The van der Waals surface area contributed by atoms with E-state index >= 15 is 0 Å². The van der Waals surface area contributed by atoms with E-state index in [1.165, 1.54) is 13.2 Å². The molecule has 128 valence electrons. The van der Waals surface area contributed by atoms with Crippen LogP contribution in [0.2, 0.25) is 5.02 Å². The molecule has 1 fully saturated rings. The number of anilines is 1. The monoisotopic (exact) mass is 352 g/mol. The number of hydrogen-bond acceptors (Lipinski definition) is 4. The Morgan fingerprint density at radius 3 is 2.87 bits per heavy atom. The van der Waals surface area contributed by atoms with Crippen LogP contribution in [0.25, 0.3) is 0 Å². The van der Waals surface area contributed by atoms with E-state index in [0.29, 0.717) is 25.1 Å². The minimum Gasteiger partial charge on any atom is -0.368 e. The van der Waals surface area contributed by atoms with Crippen molar-refractivity contribution in [2.45, 2.75) is 19.0 Å². The Morgan fingerprint density at radius 2 is 2.22 bits per heavy atom. The highest BCUT2D eigenvalue weighted by atomic mass is 35.5. The lowest BCUT2D eigenvalue weighted by Gasteiger charge is -2.33. The highest BCUT2D eigenvalue weighted by molar-refractivity contribution is 6.33. The number of hydrogen-bond donors (Lipinski definition) is 1. The van der Waals surface area contributed by atoms with Crippen LogP contribution in [-0.4, -0.2) is 41.5 Å². The van der Waals surface area contributed by atoms with Crippen LogP contribution in [0.4, 0.5) is 18.9 Å². The highest BCUT2D eigenvalue weighted by Gasteiger charge is 2.32. The average Bonchev–Trinajstić information content (AvgIpc) is 2.50. The zero-order chi connectivity index (χ0) is 17.2. The summed E-state index contributed by atoms with van der Waals surface area (Å²) in [5.74, 6) is -1.24. The molecule has 1 N–H and O–H groups in total. The smallest absolute Gasteiger partial charge is 0.368 e. The van der Waals surface area contributed by atoms with Gasteiger partial charge < -0.3 is 10.2 Å². The van der Waals surface area contributed by atoms with Gasteiger partial charge in [-0.3, -0.25) is 9.59 Å². The number of aryl methyl sites for hydroxylation is 1. The molecule has 10 heteroatoms. The van der Waals surface area contributed by atoms with E-state index in [1.54, 1.807) is 4.90 Å². The number of rotatable bonds is 3. The number of carbonyl (C=O) groups excluding carboxylic acids is 1. The van der Waals surface area contributed by atoms with Crippen molar-refractivity contribution in [2.75, 3.05) is 24.5 Å². The van der Waals surface area contributed by atoms with E-state index in [0.717, 1.165) is 4.68 Å². The molecule has 1 amide bonds. The van der Waals surface area contributed by atoms with Crippen molar-refractivity contribution >= 4 is 23.2 Å². The van der Waals surface area contributed by atoms with Crippen LogP contribution in [0.15, 0.2) is 11.0 Å². The van der Waals surface area contributed by atoms with Gasteiger partial charge in [0.05, 0.1) is 17.8 Å². The summed E-state index contributed by atoms with van der Waals surface area (Å²) in [6, 6.07) is 0. The molecule has 2 rings (SSSR count). The van der Waals surface area contributed by atoms with Crippen molar-refractivity contribution in [3.05, 3.63) is 21.6 Å². The van der Waals surface area contributed by atoms with Crippen molar-refractivity contribution in [2.24, 2.45) is 13.0 Å². The number of aromatic nitrogens is 2. The molecule has 0 aliphatic carbocycles. The van der Waals surface area contributed by atoms with E-state index in [-0.39, 0.29) is 11.6 Å². The maximum atomic E-state index is 12.2. The normalized spacial score (nSPS) is 18.8. The molecule has 23 heavy (non-hydrogen) atoms. The zero-order valence-electron chi connectivity index (χ0n) is 12.4. The Hall–Kier alpha value is -1.77. The summed E-state index contributed by atoms with van der Waals surface area (Å²) in [6.07, 6.45) is -1.94. The molecule has 1 aromatic rings. The van der Waals surface area contributed by atoms with E-state index in [2.05, 4.69) is 5.10 Å². The predicted molar refractivity (Wildman–Crippen MR) is 78.5 cm³/mol. The van der Waals surface area contributed by atoms with Gasteiger partial charge in [0.1, 0.15) is 11.6 Å². The first-order chi connectivity index (χ1) is 10.7. The molecular weight excluding hydrogens is 337 g/mol. The van der Waals surface area contributed by atoms with Gasteiger partial charge in [-0.2, -0.15) is 18.3 Å². The Bertz CT molecular complexity index is 647. The van der Waals surface area contributed by atoms with Gasteiger partial charge in [0.15, 0.2) is 0 Å². The molecular formula is C13H16ClF3N4O2. The summed E-state index contributed by atoms with van der Waals surface area (Å²) in [7, 11) is 1.46. The number of halogens is 4. The molecule has 0 aromatic carbocycles. The average molecular weight is 353 g/mol. The molecule has 0 bridgehead atoms. The Morgan fingerprint density at radius 1 is 1.52 bits per heavy atom. The fourth-order valence-corrected chi connectivity index (χ4v) is 2.75. The molecule has 1 aromatic heterocycles. The lowest BCUT2D eigenvalue weighted by atomic mass is 9.97. The summed E-state index contributed by atoms with van der Waals surface area (Å²) < 4.78 is 37.6. The van der Waals surface area contributed by atoms with Crippen molar-refractivity contribution in [1.29, 1.82) is 0 Å². The van der Waals surface area contributed by atoms with Crippen molar-refractivity contribution < 1.29 is 18.0 Å². The van der Waals surface area contributed by atoms with Gasteiger partial charge in [0.25, 0.3) is 5.56 Å². The molecule has 0 saturated carbocycles. The summed E-state index contributed by atoms with van der Waals surface area (Å²) in [4.78, 5) is 25.4. The molecule has 2 heterocycles. The number of alkyl halides is 3. The first-order valence-electron chi connectivity index (χ1n) is 7.00. The number of piperidine rings is 1. The number of nitrogens with zero attached hydrogens (tertiary/aromatic N) is 3. The topological polar surface area (TPSA) is 67.2 Å². The Kier molecular flexibility index (Phi) is 5.18. The third-order valence-electron chi connectivity index (χ3n) is 3.66. The van der Waals surface area contributed by atoms with Crippen LogP contribution in [-0.2, 0) is 11.8 Å². The van der Waals surface area contributed by atoms with Crippen LogP contribution < -0.4 is 15.8 Å². The van der Waals surface area contributed by atoms with E-state index in [9.17, 15) is 22.8 Å². The zero-order valence-corrected chi connectivity index (χ0v) is 13.1. The third-order valence-corrected chi connectivity index (χ3v) is 4.01. The number of nitrogens with one attached hydrogen (secondary N) is 1. The van der Waals surface area contributed by atoms with Gasteiger partial charge in [-0.05, 0) is 12.8 Å². The van der Waals surface area contributed by atoms with Crippen LogP contribution in [0, 0.1) is 5.92 Å². The van der Waals surface area contributed by atoms with Crippen LogP contribution >= 0.6 is 11.6 Å². The largest absolute Gasteiger partial charge is 0.405 e. The van der Waals surface area contributed by atoms with Gasteiger partial charge in [-0.15, -0.1) is 0 Å². The predicted octanol–water partition coefficient (Wildman–Crippen LogP) is 1.33. The van der Waals surface area contributed by atoms with Gasteiger partial charge in [-0.1, -0.05) is 11.6 Å². The lowest BCUT2D eigenvalue weighted by molar-refractivity contribution is -0.140. The first kappa shape index (κ1) is 17.6. The van der Waals surface area contributed by atoms with Crippen molar-refractivity contribution in [1.82, 2.24) is 15.1 Å². The van der Waals surface area contributed by atoms with Gasteiger partial charge in [0.2, 0.25) is 5.91 Å². The molecule has 1 saturated heterocycles. The minimum absolute atomic E-state index is 0.0150. The molecule has 1 atom stereocenters. The van der Waals surface area contributed by atoms with Gasteiger partial charge >= 0.3 is 6.18 Å². The Balaban J connectivity index is 2.08. The molecule has 0 radical (unpaired) electrons. The molecule has 1 aliphatic heterocycles. The molecule has 1 unspecified atom stereocenters. The van der Waals surface area contributed by atoms with E-state index in [4.69, 9.17) is 11.6 Å². The number of amides is 1.